The molecule has 11 heavy (non-hydrogen) atoms. The molecule has 0 N–H and O–H groups in total. The smallest absolute Gasteiger partial charge is 0.200 e. The molecule has 1 rings (SSSR count). The van der Waals surface area contributed by atoms with Crippen LogP contribution >= 0.6 is 0 Å². The van der Waals surface area contributed by atoms with Gasteiger partial charge in [-0.3, -0.25) is 0 Å². The van der Waals surface area contributed by atoms with Crippen molar-refractivity contribution in [2.45, 2.75) is 24.6 Å². The highest BCUT2D eigenvalue weighted by Gasteiger charge is 2.35. The highest BCUT2D eigenvalue weighted by molar-refractivity contribution is 6.75. The molecule has 0 saturated carbocycles. The van der Waals surface area contributed by atoms with Crippen molar-refractivity contribution in [1.82, 2.24) is 0 Å². The molecular weight excluding hydrogens is 152 g/mol. The van der Waals surface area contributed by atoms with E-state index in [1.165, 1.54) is 12.5 Å². The second-order valence-corrected chi connectivity index (χ2v) is 7.09. The number of rotatable bonds is 4. The monoisotopic (exact) mass is 168 g/mol. The minimum atomic E-state index is -1.37. The lowest BCUT2D eigenvalue weighted by atomic mass is 10.5. The molecule has 0 bridgehead atoms. The second-order valence-electron chi connectivity index (χ2n) is 3.12. The minimum absolute atomic E-state index is 0.966. The molecule has 0 spiro atoms. The molecule has 62 valence electrons. The molecular formula is C9H16OSi. The van der Waals surface area contributed by atoms with E-state index in [9.17, 15) is 0 Å². The van der Waals surface area contributed by atoms with Gasteiger partial charge < -0.3 is 4.43 Å². The molecule has 0 unspecified atom stereocenters. The summed E-state index contributed by atoms with van der Waals surface area (Å²) in [7, 11) is -1.37. The molecule has 0 aromatic carbocycles. The van der Waals surface area contributed by atoms with Crippen LogP contribution in [-0.2, 0) is 4.43 Å². The maximum absolute atomic E-state index is 5.82. The lowest BCUT2D eigenvalue weighted by Crippen LogP contribution is -2.31. The fourth-order valence-electron chi connectivity index (χ4n) is 1.69. The van der Waals surface area contributed by atoms with Crippen LogP contribution in [0.15, 0.2) is 25.3 Å². The molecule has 0 amide bonds. The predicted molar refractivity (Wildman–Crippen MR) is 51.1 cm³/mol. The first kappa shape index (κ1) is 8.75. The molecule has 0 aromatic rings. The molecule has 1 saturated heterocycles. The largest absolute Gasteiger partial charge is 0.416 e. The first-order valence-corrected chi connectivity index (χ1v) is 6.72. The van der Waals surface area contributed by atoms with Crippen molar-refractivity contribution >= 4 is 8.32 Å². The van der Waals surface area contributed by atoms with E-state index in [1.54, 1.807) is 0 Å². The zero-order valence-corrected chi connectivity index (χ0v) is 8.01. The van der Waals surface area contributed by atoms with Gasteiger partial charge in [0, 0.05) is 6.61 Å². The molecule has 0 aliphatic carbocycles. The Bertz CT molecular complexity index is 136. The van der Waals surface area contributed by atoms with Gasteiger partial charge in [0.25, 0.3) is 0 Å². The average Bonchev–Trinajstić information content (AvgIpc) is 2.39. The van der Waals surface area contributed by atoms with Crippen molar-refractivity contribution in [2.24, 2.45) is 0 Å². The topological polar surface area (TPSA) is 9.23 Å². The molecule has 1 nitrogen and oxygen atoms in total. The Morgan fingerprint density at radius 3 is 2.27 bits per heavy atom. The maximum Gasteiger partial charge on any atom is 0.200 e. The van der Waals surface area contributed by atoms with Crippen molar-refractivity contribution in [1.29, 1.82) is 0 Å². The van der Waals surface area contributed by atoms with E-state index in [0.29, 0.717) is 0 Å². The van der Waals surface area contributed by atoms with E-state index in [0.717, 1.165) is 18.7 Å². The molecule has 2 heteroatoms. The molecule has 0 radical (unpaired) electrons. The number of allylic oxidation sites excluding steroid dienone is 2. The van der Waals surface area contributed by atoms with Gasteiger partial charge >= 0.3 is 0 Å². The molecule has 0 aromatic heterocycles. The zero-order chi connectivity index (χ0) is 8.16. The van der Waals surface area contributed by atoms with E-state index in [2.05, 4.69) is 13.2 Å². The van der Waals surface area contributed by atoms with Crippen LogP contribution in [0, 0.1) is 0 Å². The Morgan fingerprint density at radius 2 is 1.91 bits per heavy atom. The Labute approximate surface area is 69.9 Å². The van der Waals surface area contributed by atoms with Crippen molar-refractivity contribution in [3.05, 3.63) is 25.3 Å². The summed E-state index contributed by atoms with van der Waals surface area (Å²) in [5.74, 6) is 0. The predicted octanol–water partition coefficient (Wildman–Crippen LogP) is 2.72. The van der Waals surface area contributed by atoms with Gasteiger partial charge in [0.2, 0.25) is 0 Å². The van der Waals surface area contributed by atoms with Crippen LogP contribution in [0.25, 0.3) is 0 Å². The van der Waals surface area contributed by atoms with Crippen LogP contribution in [0.2, 0.25) is 18.1 Å². The Hall–Kier alpha value is -0.343. The summed E-state index contributed by atoms with van der Waals surface area (Å²) >= 11 is 0. The minimum Gasteiger partial charge on any atom is -0.416 e. The lowest BCUT2D eigenvalue weighted by Gasteiger charge is -2.21. The standard InChI is InChI=1S/C9H16OSi/c1-3-7-11(8-4-2)9-5-6-10-11/h3-4H,1-2,5-9H2. The zero-order valence-electron chi connectivity index (χ0n) is 7.01. The van der Waals surface area contributed by atoms with Gasteiger partial charge in [0.15, 0.2) is 8.32 Å². The Kier molecular flexibility index (Phi) is 3.09. The summed E-state index contributed by atoms with van der Waals surface area (Å²) in [4.78, 5) is 0. The third-order valence-corrected chi connectivity index (χ3v) is 6.36. The van der Waals surface area contributed by atoms with Gasteiger partial charge in [-0.2, -0.15) is 0 Å². The van der Waals surface area contributed by atoms with E-state index in [4.69, 9.17) is 4.43 Å². The van der Waals surface area contributed by atoms with Crippen LogP contribution in [-0.4, -0.2) is 14.9 Å². The van der Waals surface area contributed by atoms with Crippen molar-refractivity contribution in [2.75, 3.05) is 6.61 Å². The van der Waals surface area contributed by atoms with Gasteiger partial charge in [0.1, 0.15) is 0 Å². The van der Waals surface area contributed by atoms with Gasteiger partial charge in [-0.05, 0) is 24.6 Å². The van der Waals surface area contributed by atoms with Gasteiger partial charge in [0.05, 0.1) is 0 Å². The van der Waals surface area contributed by atoms with Crippen LogP contribution in [0.5, 0.6) is 0 Å². The summed E-state index contributed by atoms with van der Waals surface area (Å²) in [6, 6.07) is 3.49. The quantitative estimate of drug-likeness (QED) is 0.463. The Morgan fingerprint density at radius 1 is 1.27 bits per heavy atom. The number of hydrogen-bond donors (Lipinski definition) is 0. The van der Waals surface area contributed by atoms with Gasteiger partial charge in [-0.25, -0.2) is 0 Å². The van der Waals surface area contributed by atoms with Crippen LogP contribution in [0.4, 0.5) is 0 Å². The van der Waals surface area contributed by atoms with E-state index in [1.807, 2.05) is 12.2 Å². The molecule has 1 heterocycles. The fourth-order valence-corrected chi connectivity index (χ4v) is 5.06. The molecule has 0 atom stereocenters. The summed E-state index contributed by atoms with van der Waals surface area (Å²) in [5.41, 5.74) is 0. The third-order valence-electron chi connectivity index (χ3n) is 2.22. The fraction of sp³-hybridized carbons (Fsp3) is 0.556. The summed E-state index contributed by atoms with van der Waals surface area (Å²) in [6.07, 6.45) is 5.25. The number of hydrogen-bond acceptors (Lipinski definition) is 1. The third kappa shape index (κ3) is 2.04. The maximum atomic E-state index is 5.82. The first-order valence-electron chi connectivity index (χ1n) is 4.19. The molecule has 1 aliphatic heterocycles. The van der Waals surface area contributed by atoms with Gasteiger partial charge in [-0.1, -0.05) is 12.2 Å². The van der Waals surface area contributed by atoms with Crippen molar-refractivity contribution < 1.29 is 4.43 Å². The average molecular weight is 168 g/mol. The highest BCUT2D eigenvalue weighted by Crippen LogP contribution is 2.30. The summed E-state index contributed by atoms with van der Waals surface area (Å²) < 4.78 is 5.82. The highest BCUT2D eigenvalue weighted by atomic mass is 28.4. The van der Waals surface area contributed by atoms with Crippen LogP contribution in [0.1, 0.15) is 6.42 Å². The van der Waals surface area contributed by atoms with Crippen molar-refractivity contribution in [3.63, 3.8) is 0 Å². The van der Waals surface area contributed by atoms with Gasteiger partial charge in [-0.15, -0.1) is 13.2 Å². The Balaban J connectivity index is 2.53. The van der Waals surface area contributed by atoms with Crippen LogP contribution < -0.4 is 0 Å². The lowest BCUT2D eigenvalue weighted by molar-refractivity contribution is 0.345. The van der Waals surface area contributed by atoms with Crippen LogP contribution in [0.3, 0.4) is 0 Å². The molecule has 1 fully saturated rings. The van der Waals surface area contributed by atoms with E-state index >= 15 is 0 Å². The normalized spacial score (nSPS) is 21.5. The van der Waals surface area contributed by atoms with E-state index < -0.39 is 8.32 Å². The van der Waals surface area contributed by atoms with E-state index in [-0.39, 0.29) is 0 Å². The molecule has 1 aliphatic rings. The summed E-state index contributed by atoms with van der Waals surface area (Å²) in [5, 5.41) is 0. The first-order chi connectivity index (χ1) is 5.33. The van der Waals surface area contributed by atoms with Crippen molar-refractivity contribution in [3.8, 4) is 0 Å². The SMILES string of the molecule is C=CC[Si]1(CC=C)CCCO1. The second kappa shape index (κ2) is 3.88. The summed E-state index contributed by atoms with van der Waals surface area (Å²) in [6.45, 7) is 8.51.